The molecule has 0 radical (unpaired) electrons. The van der Waals surface area contributed by atoms with Crippen molar-refractivity contribution in [3.8, 4) is 5.75 Å². The molecule has 0 saturated heterocycles. The minimum absolute atomic E-state index is 0.0247. The van der Waals surface area contributed by atoms with Gasteiger partial charge in [-0.15, -0.1) is 11.3 Å². The van der Waals surface area contributed by atoms with Crippen molar-refractivity contribution in [1.29, 1.82) is 0 Å². The maximum atomic E-state index is 5.89. The molecule has 0 bridgehead atoms. The van der Waals surface area contributed by atoms with Crippen LogP contribution in [0.4, 0.5) is 0 Å². The fourth-order valence-electron chi connectivity index (χ4n) is 1.61. The summed E-state index contributed by atoms with van der Waals surface area (Å²) in [6, 6.07) is 7.83. The first-order valence-corrected chi connectivity index (χ1v) is 6.43. The van der Waals surface area contributed by atoms with Gasteiger partial charge in [-0.2, -0.15) is 0 Å². The second-order valence-corrected chi connectivity index (χ2v) is 5.04. The Morgan fingerprint density at radius 1 is 1.41 bits per heavy atom. The van der Waals surface area contributed by atoms with Crippen LogP contribution in [-0.4, -0.2) is 4.98 Å². The Hall–Kier alpha value is -1.39. The van der Waals surface area contributed by atoms with E-state index >= 15 is 0 Å². The average molecular weight is 248 g/mol. The lowest BCUT2D eigenvalue weighted by atomic mass is 10.1. The van der Waals surface area contributed by atoms with Crippen LogP contribution in [0.25, 0.3) is 0 Å². The Morgan fingerprint density at radius 2 is 2.18 bits per heavy atom. The van der Waals surface area contributed by atoms with Gasteiger partial charge in [0.2, 0.25) is 0 Å². The second kappa shape index (κ2) is 5.29. The highest BCUT2D eigenvalue weighted by molar-refractivity contribution is 7.09. The fraction of sp³-hybridized carbons (Fsp3) is 0.308. The lowest BCUT2D eigenvalue weighted by molar-refractivity contribution is 0.297. The number of ether oxygens (including phenoxy) is 1. The van der Waals surface area contributed by atoms with Crippen molar-refractivity contribution < 1.29 is 4.74 Å². The summed E-state index contributed by atoms with van der Waals surface area (Å²) in [7, 11) is 0. The van der Waals surface area contributed by atoms with Crippen molar-refractivity contribution in [1.82, 2.24) is 4.98 Å². The monoisotopic (exact) mass is 248 g/mol. The van der Waals surface area contributed by atoms with Gasteiger partial charge in [-0.05, 0) is 19.9 Å². The SMILES string of the molecule is Cc1nc(COc2ccccc2[C@H](C)N)cs1. The van der Waals surface area contributed by atoms with E-state index in [2.05, 4.69) is 4.98 Å². The summed E-state index contributed by atoms with van der Waals surface area (Å²) in [4.78, 5) is 4.36. The maximum Gasteiger partial charge on any atom is 0.131 e. The van der Waals surface area contributed by atoms with E-state index in [1.807, 2.05) is 43.5 Å². The van der Waals surface area contributed by atoms with Gasteiger partial charge in [0.15, 0.2) is 0 Å². The molecular formula is C13H16N2OS. The summed E-state index contributed by atoms with van der Waals surface area (Å²) in [6.07, 6.45) is 0. The van der Waals surface area contributed by atoms with Crippen molar-refractivity contribution in [3.05, 3.63) is 45.9 Å². The number of thiazole rings is 1. The summed E-state index contributed by atoms with van der Waals surface area (Å²) in [5.41, 5.74) is 7.89. The molecule has 0 amide bonds. The Kier molecular flexibility index (Phi) is 3.76. The number of para-hydroxylation sites is 1. The number of hydrogen-bond acceptors (Lipinski definition) is 4. The molecule has 2 rings (SSSR count). The smallest absolute Gasteiger partial charge is 0.131 e. The lowest BCUT2D eigenvalue weighted by Crippen LogP contribution is -2.08. The minimum atomic E-state index is -0.0247. The number of nitrogens with zero attached hydrogens (tertiary/aromatic N) is 1. The van der Waals surface area contributed by atoms with Crippen molar-refractivity contribution in [2.75, 3.05) is 0 Å². The van der Waals surface area contributed by atoms with Crippen molar-refractivity contribution in [2.24, 2.45) is 5.73 Å². The van der Waals surface area contributed by atoms with Gasteiger partial charge in [0.25, 0.3) is 0 Å². The van der Waals surface area contributed by atoms with E-state index in [1.165, 1.54) is 0 Å². The molecule has 4 heteroatoms. The zero-order valence-electron chi connectivity index (χ0n) is 10.0. The van der Waals surface area contributed by atoms with Gasteiger partial charge in [0.1, 0.15) is 12.4 Å². The first-order chi connectivity index (χ1) is 8.16. The third kappa shape index (κ3) is 3.05. The van der Waals surface area contributed by atoms with Gasteiger partial charge in [-0.1, -0.05) is 18.2 Å². The molecule has 2 N–H and O–H groups in total. The van der Waals surface area contributed by atoms with Crippen molar-refractivity contribution >= 4 is 11.3 Å². The van der Waals surface area contributed by atoms with Gasteiger partial charge in [-0.25, -0.2) is 4.98 Å². The number of rotatable bonds is 4. The number of hydrogen-bond donors (Lipinski definition) is 1. The molecular weight excluding hydrogens is 232 g/mol. The Labute approximate surface area is 105 Å². The van der Waals surface area contributed by atoms with Gasteiger partial charge in [0.05, 0.1) is 10.7 Å². The van der Waals surface area contributed by atoms with Crippen LogP contribution in [0.5, 0.6) is 5.75 Å². The third-order valence-electron chi connectivity index (χ3n) is 2.45. The van der Waals surface area contributed by atoms with Crippen LogP contribution >= 0.6 is 11.3 Å². The molecule has 0 aliphatic carbocycles. The highest BCUT2D eigenvalue weighted by Crippen LogP contribution is 2.24. The van der Waals surface area contributed by atoms with Gasteiger partial charge >= 0.3 is 0 Å². The zero-order chi connectivity index (χ0) is 12.3. The van der Waals surface area contributed by atoms with Gasteiger partial charge < -0.3 is 10.5 Å². The zero-order valence-corrected chi connectivity index (χ0v) is 10.8. The molecule has 1 heterocycles. The highest BCUT2D eigenvalue weighted by atomic mass is 32.1. The van der Waals surface area contributed by atoms with E-state index in [0.717, 1.165) is 22.0 Å². The first kappa shape index (κ1) is 12.1. The fourth-order valence-corrected chi connectivity index (χ4v) is 2.21. The number of nitrogens with two attached hydrogens (primary N) is 1. The molecule has 3 nitrogen and oxygen atoms in total. The first-order valence-electron chi connectivity index (χ1n) is 5.55. The van der Waals surface area contributed by atoms with E-state index in [1.54, 1.807) is 11.3 Å². The molecule has 1 aromatic heterocycles. The predicted molar refractivity (Wildman–Crippen MR) is 70.2 cm³/mol. The summed E-state index contributed by atoms with van der Waals surface area (Å²) in [6.45, 7) is 4.44. The van der Waals surface area contributed by atoms with Crippen LogP contribution < -0.4 is 10.5 Å². The van der Waals surface area contributed by atoms with Crippen molar-refractivity contribution in [3.63, 3.8) is 0 Å². The van der Waals surface area contributed by atoms with Gasteiger partial charge in [0, 0.05) is 17.0 Å². The molecule has 2 aromatic rings. The van der Waals surface area contributed by atoms with Crippen LogP contribution in [0.15, 0.2) is 29.6 Å². The molecule has 0 unspecified atom stereocenters. The largest absolute Gasteiger partial charge is 0.487 e. The summed E-state index contributed by atoms with van der Waals surface area (Å²) < 4.78 is 5.76. The summed E-state index contributed by atoms with van der Waals surface area (Å²) >= 11 is 1.63. The molecule has 1 aromatic carbocycles. The van der Waals surface area contributed by atoms with Gasteiger partial charge in [-0.3, -0.25) is 0 Å². The molecule has 0 fully saturated rings. The molecule has 90 valence electrons. The number of aromatic nitrogens is 1. The Morgan fingerprint density at radius 3 is 2.82 bits per heavy atom. The van der Waals surface area contributed by atoms with Crippen LogP contribution in [0.3, 0.4) is 0 Å². The summed E-state index contributed by atoms with van der Waals surface area (Å²) in [5, 5.41) is 3.08. The molecule has 0 spiro atoms. The van der Waals surface area contributed by atoms with Crippen LogP contribution in [0.1, 0.15) is 29.2 Å². The van der Waals surface area contributed by atoms with Crippen molar-refractivity contribution in [2.45, 2.75) is 26.5 Å². The van der Waals surface area contributed by atoms with E-state index < -0.39 is 0 Å². The molecule has 0 saturated carbocycles. The number of benzene rings is 1. The molecule has 1 atom stereocenters. The van der Waals surface area contributed by atoms with E-state index in [9.17, 15) is 0 Å². The Balaban J connectivity index is 2.08. The maximum absolute atomic E-state index is 5.89. The lowest BCUT2D eigenvalue weighted by Gasteiger charge is -2.12. The minimum Gasteiger partial charge on any atom is -0.487 e. The van der Waals surface area contributed by atoms with E-state index in [-0.39, 0.29) is 6.04 Å². The second-order valence-electron chi connectivity index (χ2n) is 3.97. The normalized spacial score (nSPS) is 12.4. The third-order valence-corrected chi connectivity index (χ3v) is 3.27. The molecule has 0 aliphatic heterocycles. The number of aryl methyl sites for hydroxylation is 1. The standard InChI is InChI=1S/C13H16N2OS/c1-9(14)12-5-3-4-6-13(12)16-7-11-8-17-10(2)15-11/h3-6,8-9H,7,14H2,1-2H3/t9-/m0/s1. The summed E-state index contributed by atoms with van der Waals surface area (Å²) in [5.74, 6) is 0.841. The molecule has 17 heavy (non-hydrogen) atoms. The highest BCUT2D eigenvalue weighted by Gasteiger charge is 2.07. The van der Waals surface area contributed by atoms with Crippen LogP contribution in [0.2, 0.25) is 0 Å². The van der Waals surface area contributed by atoms with E-state index in [4.69, 9.17) is 10.5 Å². The molecule has 0 aliphatic rings. The topological polar surface area (TPSA) is 48.1 Å². The predicted octanol–water partition coefficient (Wildman–Crippen LogP) is 3.05. The Bertz CT molecular complexity index is 494. The quantitative estimate of drug-likeness (QED) is 0.904. The average Bonchev–Trinajstić information content (AvgIpc) is 2.73. The van der Waals surface area contributed by atoms with E-state index in [0.29, 0.717) is 6.61 Å². The van der Waals surface area contributed by atoms with Crippen LogP contribution in [0, 0.1) is 6.92 Å². The van der Waals surface area contributed by atoms with Crippen LogP contribution in [-0.2, 0) is 6.61 Å².